The molecule has 9 heteroatoms. The minimum absolute atomic E-state index is 0.0428. The van der Waals surface area contributed by atoms with E-state index in [1.807, 2.05) is 30.3 Å². The molecule has 1 aliphatic rings. The Kier molecular flexibility index (Phi) is 4.63. The van der Waals surface area contributed by atoms with E-state index < -0.39 is 22.1 Å². The minimum atomic E-state index is -3.87. The third-order valence-electron chi connectivity index (χ3n) is 4.13. The van der Waals surface area contributed by atoms with Crippen molar-refractivity contribution in [2.24, 2.45) is 0 Å². The predicted octanol–water partition coefficient (Wildman–Crippen LogP) is 0.963. The molecule has 1 fully saturated rings. The molecule has 0 radical (unpaired) electrons. The number of carboxylic acid groups (broad SMARTS) is 1. The number of hydrogen-bond donors (Lipinski definition) is 1. The number of hydrogen-bond acceptors (Lipinski definition) is 5. The summed E-state index contributed by atoms with van der Waals surface area (Å²) in [6.45, 7) is 3.26. The first kappa shape index (κ1) is 17.6. The average molecular weight is 365 g/mol. The highest BCUT2D eigenvalue weighted by molar-refractivity contribution is 7.89. The van der Waals surface area contributed by atoms with Crippen LogP contribution in [0.1, 0.15) is 11.4 Å². The van der Waals surface area contributed by atoms with Crippen LogP contribution in [0.15, 0.2) is 35.2 Å². The molecule has 1 atom stereocenters. The summed E-state index contributed by atoms with van der Waals surface area (Å²) in [7, 11) is -3.87. The number of aromatic nitrogens is 2. The summed E-state index contributed by atoms with van der Waals surface area (Å²) >= 11 is 0. The van der Waals surface area contributed by atoms with Crippen LogP contribution < -0.4 is 0 Å². The Morgan fingerprint density at radius 3 is 2.60 bits per heavy atom. The largest absolute Gasteiger partial charge is 0.479 e. The standard InChI is InChI=1S/C16H19N3O5S/c1-11-15(12(2)19(17-11)13-6-4-3-5-7-13)25(22,23)18-8-9-24-14(10-18)16(20)21/h3-7,14H,8-10H2,1-2H3,(H,20,21)/t14-/m0/s1. The fourth-order valence-corrected chi connectivity index (χ4v) is 4.72. The second-order valence-corrected chi connectivity index (χ2v) is 7.68. The number of carboxylic acids is 1. The Morgan fingerprint density at radius 2 is 1.96 bits per heavy atom. The van der Waals surface area contributed by atoms with E-state index in [0.717, 1.165) is 9.99 Å². The molecular weight excluding hydrogens is 346 g/mol. The van der Waals surface area contributed by atoms with Crippen molar-refractivity contribution < 1.29 is 23.1 Å². The first-order valence-corrected chi connectivity index (χ1v) is 9.22. The quantitative estimate of drug-likeness (QED) is 0.866. The van der Waals surface area contributed by atoms with Crippen molar-refractivity contribution in [2.75, 3.05) is 19.7 Å². The van der Waals surface area contributed by atoms with Crippen molar-refractivity contribution in [1.82, 2.24) is 14.1 Å². The van der Waals surface area contributed by atoms with E-state index in [9.17, 15) is 13.2 Å². The maximum Gasteiger partial charge on any atom is 0.334 e. The molecule has 2 heterocycles. The lowest BCUT2D eigenvalue weighted by Crippen LogP contribution is -2.48. The van der Waals surface area contributed by atoms with Crippen LogP contribution in [-0.2, 0) is 19.6 Å². The average Bonchev–Trinajstić information content (AvgIpc) is 2.91. The molecule has 3 rings (SSSR count). The van der Waals surface area contributed by atoms with Gasteiger partial charge in [0.25, 0.3) is 0 Å². The molecular formula is C16H19N3O5S. The Hall–Kier alpha value is -2.23. The SMILES string of the molecule is Cc1nn(-c2ccccc2)c(C)c1S(=O)(=O)N1CCO[C@H](C(=O)O)C1. The fourth-order valence-electron chi connectivity index (χ4n) is 2.94. The van der Waals surface area contributed by atoms with Crippen molar-refractivity contribution >= 4 is 16.0 Å². The van der Waals surface area contributed by atoms with Crippen LogP contribution in [0.5, 0.6) is 0 Å². The highest BCUT2D eigenvalue weighted by atomic mass is 32.2. The molecule has 0 saturated carbocycles. The van der Waals surface area contributed by atoms with Gasteiger partial charge in [-0.05, 0) is 26.0 Å². The molecule has 2 aromatic rings. The van der Waals surface area contributed by atoms with Crippen LogP contribution in [0.2, 0.25) is 0 Å². The number of ether oxygens (including phenoxy) is 1. The van der Waals surface area contributed by atoms with Gasteiger partial charge in [-0.2, -0.15) is 9.40 Å². The van der Waals surface area contributed by atoms with Crippen molar-refractivity contribution in [3.8, 4) is 5.69 Å². The van der Waals surface area contributed by atoms with Crippen LogP contribution >= 0.6 is 0 Å². The van der Waals surface area contributed by atoms with Gasteiger partial charge < -0.3 is 9.84 Å². The van der Waals surface area contributed by atoms with Crippen LogP contribution in [0.25, 0.3) is 5.69 Å². The lowest BCUT2D eigenvalue weighted by molar-refractivity contribution is -0.153. The molecule has 0 aliphatic carbocycles. The fraction of sp³-hybridized carbons (Fsp3) is 0.375. The smallest absolute Gasteiger partial charge is 0.334 e. The molecule has 25 heavy (non-hydrogen) atoms. The summed E-state index contributed by atoms with van der Waals surface area (Å²) in [6.07, 6.45) is -1.16. The molecule has 1 aromatic carbocycles. The Labute approximate surface area is 145 Å². The first-order chi connectivity index (χ1) is 11.8. The molecule has 1 aromatic heterocycles. The monoisotopic (exact) mass is 365 g/mol. The molecule has 1 N–H and O–H groups in total. The van der Waals surface area contributed by atoms with Gasteiger partial charge in [0.2, 0.25) is 10.0 Å². The molecule has 134 valence electrons. The highest BCUT2D eigenvalue weighted by Gasteiger charge is 2.37. The first-order valence-electron chi connectivity index (χ1n) is 7.78. The zero-order valence-electron chi connectivity index (χ0n) is 13.9. The van der Waals surface area contributed by atoms with E-state index >= 15 is 0 Å². The number of aryl methyl sites for hydroxylation is 1. The molecule has 0 bridgehead atoms. The van der Waals surface area contributed by atoms with Gasteiger partial charge in [-0.15, -0.1) is 0 Å². The van der Waals surface area contributed by atoms with E-state index in [0.29, 0.717) is 11.4 Å². The zero-order chi connectivity index (χ0) is 18.2. The second-order valence-electron chi connectivity index (χ2n) is 5.81. The molecule has 8 nitrogen and oxygen atoms in total. The predicted molar refractivity (Wildman–Crippen MR) is 89.2 cm³/mol. The summed E-state index contributed by atoms with van der Waals surface area (Å²) in [5.74, 6) is -1.17. The number of para-hydroxylation sites is 1. The second kappa shape index (κ2) is 6.58. The minimum Gasteiger partial charge on any atom is -0.479 e. The number of benzene rings is 1. The third-order valence-corrected chi connectivity index (χ3v) is 6.25. The maximum atomic E-state index is 13.1. The molecule has 1 saturated heterocycles. The molecule has 0 spiro atoms. The molecule has 0 amide bonds. The van der Waals surface area contributed by atoms with Gasteiger partial charge in [0, 0.05) is 6.54 Å². The van der Waals surface area contributed by atoms with E-state index in [4.69, 9.17) is 9.84 Å². The van der Waals surface area contributed by atoms with E-state index in [1.54, 1.807) is 18.5 Å². The third kappa shape index (κ3) is 3.17. The highest BCUT2D eigenvalue weighted by Crippen LogP contribution is 2.27. The van der Waals surface area contributed by atoms with E-state index in [-0.39, 0.29) is 24.6 Å². The van der Waals surface area contributed by atoms with Crippen molar-refractivity contribution in [1.29, 1.82) is 0 Å². The number of nitrogens with zero attached hydrogens (tertiary/aromatic N) is 3. The molecule has 0 unspecified atom stereocenters. The van der Waals surface area contributed by atoms with Crippen molar-refractivity contribution in [3.63, 3.8) is 0 Å². The summed E-state index contributed by atoms with van der Waals surface area (Å²) < 4.78 is 34.0. The van der Waals surface area contributed by atoms with Gasteiger partial charge in [-0.25, -0.2) is 17.9 Å². The maximum absolute atomic E-state index is 13.1. The molecule has 1 aliphatic heterocycles. The van der Waals surface area contributed by atoms with Gasteiger partial charge in [-0.1, -0.05) is 18.2 Å². The number of morpholine rings is 1. The lowest BCUT2D eigenvalue weighted by Gasteiger charge is -2.30. The van der Waals surface area contributed by atoms with Gasteiger partial charge >= 0.3 is 5.97 Å². The Morgan fingerprint density at radius 1 is 1.28 bits per heavy atom. The van der Waals surface area contributed by atoms with Gasteiger partial charge in [0.05, 0.1) is 30.2 Å². The Balaban J connectivity index is 2.01. The number of aliphatic carboxylic acids is 1. The van der Waals surface area contributed by atoms with Gasteiger partial charge in [0.15, 0.2) is 6.10 Å². The number of rotatable bonds is 4. The Bertz CT molecular complexity index is 892. The van der Waals surface area contributed by atoms with Gasteiger partial charge in [-0.3, -0.25) is 0 Å². The van der Waals surface area contributed by atoms with Crippen LogP contribution in [0.3, 0.4) is 0 Å². The van der Waals surface area contributed by atoms with Crippen molar-refractivity contribution in [2.45, 2.75) is 24.8 Å². The van der Waals surface area contributed by atoms with Crippen LogP contribution in [0, 0.1) is 13.8 Å². The summed E-state index contributed by atoms with van der Waals surface area (Å²) in [4.78, 5) is 11.2. The van der Waals surface area contributed by atoms with Gasteiger partial charge in [0.1, 0.15) is 4.90 Å². The number of sulfonamides is 1. The normalized spacial score (nSPS) is 19.0. The van der Waals surface area contributed by atoms with Crippen LogP contribution in [-0.4, -0.2) is 59.4 Å². The lowest BCUT2D eigenvalue weighted by atomic mass is 10.3. The van der Waals surface area contributed by atoms with E-state index in [1.165, 1.54) is 0 Å². The summed E-state index contributed by atoms with van der Waals surface area (Å²) in [5, 5.41) is 13.5. The topological polar surface area (TPSA) is 102 Å². The number of carbonyl (C=O) groups is 1. The van der Waals surface area contributed by atoms with Crippen molar-refractivity contribution in [3.05, 3.63) is 41.7 Å². The summed E-state index contributed by atoms with van der Waals surface area (Å²) in [5.41, 5.74) is 1.62. The zero-order valence-corrected chi connectivity index (χ0v) is 14.7. The van der Waals surface area contributed by atoms with Crippen LogP contribution in [0.4, 0.5) is 0 Å². The van der Waals surface area contributed by atoms with E-state index in [2.05, 4.69) is 5.10 Å². The summed E-state index contributed by atoms with van der Waals surface area (Å²) in [6, 6.07) is 9.24.